The summed E-state index contributed by atoms with van der Waals surface area (Å²) in [6, 6.07) is 17.0. The van der Waals surface area contributed by atoms with Crippen LogP contribution in [-0.4, -0.2) is 54.8 Å². The van der Waals surface area contributed by atoms with Crippen LogP contribution in [0.4, 0.5) is 8.78 Å². The average Bonchev–Trinajstić information content (AvgIpc) is 2.82. The molecule has 1 saturated heterocycles. The van der Waals surface area contributed by atoms with Gasteiger partial charge < -0.3 is 10.0 Å². The minimum absolute atomic E-state index is 0.00244. The lowest BCUT2D eigenvalue weighted by Crippen LogP contribution is -2.50. The summed E-state index contributed by atoms with van der Waals surface area (Å²) in [5.41, 5.74) is 2.08. The second kappa shape index (κ2) is 9.29. The van der Waals surface area contributed by atoms with Crippen molar-refractivity contribution in [1.82, 2.24) is 9.21 Å². The highest BCUT2D eigenvalue weighted by Gasteiger charge is 2.31. The highest BCUT2D eigenvalue weighted by molar-refractivity contribution is 7.89. The Balaban J connectivity index is 1.46. The fourth-order valence-corrected chi connectivity index (χ4v) is 5.22. The van der Waals surface area contributed by atoms with Crippen LogP contribution in [0.1, 0.15) is 21.5 Å². The number of amides is 1. The Morgan fingerprint density at radius 1 is 0.848 bits per heavy atom. The maximum absolute atomic E-state index is 13.5. The van der Waals surface area contributed by atoms with Crippen LogP contribution in [0.5, 0.6) is 5.75 Å². The van der Waals surface area contributed by atoms with Gasteiger partial charge in [0.15, 0.2) is 11.6 Å². The smallest absolute Gasteiger partial charge is 0.257 e. The molecule has 0 spiro atoms. The number of benzene rings is 3. The van der Waals surface area contributed by atoms with Gasteiger partial charge in [0.1, 0.15) is 5.75 Å². The molecule has 0 unspecified atom stereocenters. The lowest BCUT2D eigenvalue weighted by Gasteiger charge is -2.34. The van der Waals surface area contributed by atoms with Crippen molar-refractivity contribution in [3.63, 3.8) is 0 Å². The summed E-state index contributed by atoms with van der Waals surface area (Å²) in [6.07, 6.45) is 0.599. The van der Waals surface area contributed by atoms with E-state index in [9.17, 15) is 27.1 Å². The summed E-state index contributed by atoms with van der Waals surface area (Å²) in [7, 11) is -4.03. The topological polar surface area (TPSA) is 77.9 Å². The molecular formula is C24H22F2N2O4S. The van der Waals surface area contributed by atoms with Crippen molar-refractivity contribution in [1.29, 1.82) is 0 Å². The van der Waals surface area contributed by atoms with E-state index in [4.69, 9.17) is 0 Å². The zero-order valence-electron chi connectivity index (χ0n) is 17.6. The molecule has 1 N–H and O–H groups in total. The second-order valence-electron chi connectivity index (χ2n) is 7.79. The Labute approximate surface area is 190 Å². The molecule has 1 amide bonds. The number of carbonyl (C=O) groups is 1. The Hall–Kier alpha value is -3.30. The van der Waals surface area contributed by atoms with Gasteiger partial charge in [-0.3, -0.25) is 4.79 Å². The van der Waals surface area contributed by atoms with Gasteiger partial charge in [0.05, 0.1) is 10.5 Å². The molecular weight excluding hydrogens is 450 g/mol. The van der Waals surface area contributed by atoms with Crippen LogP contribution in [-0.2, 0) is 16.4 Å². The number of phenolic OH excluding ortho intramolecular Hbond substituents is 1. The third-order valence-electron chi connectivity index (χ3n) is 5.60. The van der Waals surface area contributed by atoms with Gasteiger partial charge in [0.2, 0.25) is 10.0 Å². The van der Waals surface area contributed by atoms with Crippen molar-refractivity contribution in [2.75, 3.05) is 26.2 Å². The monoisotopic (exact) mass is 472 g/mol. The van der Waals surface area contributed by atoms with Crippen LogP contribution in [0.3, 0.4) is 0 Å². The molecule has 0 aliphatic carbocycles. The van der Waals surface area contributed by atoms with Gasteiger partial charge in [-0.1, -0.05) is 36.4 Å². The van der Waals surface area contributed by atoms with E-state index in [-0.39, 0.29) is 42.4 Å². The first-order valence-corrected chi connectivity index (χ1v) is 11.8. The molecule has 9 heteroatoms. The molecule has 1 heterocycles. The van der Waals surface area contributed by atoms with Gasteiger partial charge in [-0.05, 0) is 47.9 Å². The predicted molar refractivity (Wildman–Crippen MR) is 118 cm³/mol. The van der Waals surface area contributed by atoms with Crippen LogP contribution in [0.25, 0.3) is 0 Å². The van der Waals surface area contributed by atoms with Gasteiger partial charge in [0.25, 0.3) is 5.91 Å². The Bertz CT molecular complexity index is 1270. The predicted octanol–water partition coefficient (Wildman–Crippen LogP) is 3.41. The quantitative estimate of drug-likeness (QED) is 0.618. The van der Waals surface area contributed by atoms with Crippen molar-refractivity contribution in [2.45, 2.75) is 11.3 Å². The zero-order valence-corrected chi connectivity index (χ0v) is 18.4. The summed E-state index contributed by atoms with van der Waals surface area (Å²) < 4.78 is 53.3. The third-order valence-corrected chi connectivity index (χ3v) is 7.49. The Morgan fingerprint density at radius 2 is 1.55 bits per heavy atom. The largest absolute Gasteiger partial charge is 0.507 e. The Morgan fingerprint density at radius 3 is 2.21 bits per heavy atom. The normalized spacial score (nSPS) is 14.9. The average molecular weight is 473 g/mol. The zero-order chi connectivity index (χ0) is 23.6. The van der Waals surface area contributed by atoms with E-state index in [1.165, 1.54) is 11.0 Å². The number of phenols is 1. The molecule has 1 aliphatic heterocycles. The van der Waals surface area contributed by atoms with Crippen LogP contribution in [0.2, 0.25) is 0 Å². The fraction of sp³-hybridized carbons (Fsp3) is 0.208. The number of carbonyl (C=O) groups excluding carboxylic acids is 1. The first kappa shape index (κ1) is 22.9. The molecule has 6 nitrogen and oxygen atoms in total. The first-order valence-electron chi connectivity index (χ1n) is 10.4. The number of nitrogens with zero attached hydrogens (tertiary/aromatic N) is 2. The van der Waals surface area contributed by atoms with E-state index in [1.54, 1.807) is 12.1 Å². The molecule has 0 saturated carbocycles. The van der Waals surface area contributed by atoms with Crippen molar-refractivity contribution < 1.29 is 27.1 Å². The molecule has 172 valence electrons. The van der Waals surface area contributed by atoms with E-state index in [1.807, 2.05) is 30.3 Å². The van der Waals surface area contributed by atoms with Gasteiger partial charge in [0, 0.05) is 26.2 Å². The van der Waals surface area contributed by atoms with E-state index in [0.29, 0.717) is 12.5 Å². The summed E-state index contributed by atoms with van der Waals surface area (Å²) in [5.74, 6) is -2.91. The van der Waals surface area contributed by atoms with E-state index in [2.05, 4.69) is 0 Å². The minimum Gasteiger partial charge on any atom is -0.507 e. The highest BCUT2D eigenvalue weighted by atomic mass is 32.2. The van der Waals surface area contributed by atoms with Crippen LogP contribution < -0.4 is 0 Å². The van der Waals surface area contributed by atoms with Crippen molar-refractivity contribution in [3.8, 4) is 5.75 Å². The second-order valence-corrected chi connectivity index (χ2v) is 9.72. The first-order chi connectivity index (χ1) is 15.8. The maximum Gasteiger partial charge on any atom is 0.257 e. The minimum atomic E-state index is -4.03. The molecule has 0 radical (unpaired) electrons. The summed E-state index contributed by atoms with van der Waals surface area (Å²) >= 11 is 0. The molecule has 0 atom stereocenters. The highest BCUT2D eigenvalue weighted by Crippen LogP contribution is 2.24. The van der Waals surface area contributed by atoms with E-state index in [0.717, 1.165) is 27.6 Å². The molecule has 3 aromatic rings. The van der Waals surface area contributed by atoms with Gasteiger partial charge in [-0.2, -0.15) is 4.31 Å². The molecule has 4 rings (SSSR count). The summed E-state index contributed by atoms with van der Waals surface area (Å²) in [5, 5.41) is 10.3. The van der Waals surface area contributed by atoms with Crippen molar-refractivity contribution in [2.24, 2.45) is 0 Å². The number of hydrogen-bond acceptors (Lipinski definition) is 4. The van der Waals surface area contributed by atoms with E-state index >= 15 is 0 Å². The number of aromatic hydroxyl groups is 1. The molecule has 33 heavy (non-hydrogen) atoms. The summed E-state index contributed by atoms with van der Waals surface area (Å²) in [4.78, 5) is 14.2. The number of hydrogen-bond donors (Lipinski definition) is 1. The third kappa shape index (κ3) is 4.89. The lowest BCUT2D eigenvalue weighted by atomic mass is 10.0. The van der Waals surface area contributed by atoms with Gasteiger partial charge in [-0.15, -0.1) is 0 Å². The molecule has 0 aromatic heterocycles. The molecule has 0 bridgehead atoms. The van der Waals surface area contributed by atoms with Crippen molar-refractivity contribution >= 4 is 15.9 Å². The molecule has 3 aromatic carbocycles. The van der Waals surface area contributed by atoms with E-state index < -0.39 is 27.6 Å². The standard InChI is InChI=1S/C24H22F2N2O4S/c25-21-8-7-19(16-22(21)26)33(31,32)28-12-10-27(11-13-28)24(30)20-15-18(6-9-23(20)29)14-17-4-2-1-3-5-17/h1-9,15-16,29H,10-14H2. The van der Waals surface area contributed by atoms with Crippen LogP contribution in [0.15, 0.2) is 71.6 Å². The molecule has 1 aliphatic rings. The number of sulfonamides is 1. The maximum atomic E-state index is 13.5. The van der Waals surface area contributed by atoms with Crippen LogP contribution in [0, 0.1) is 11.6 Å². The van der Waals surface area contributed by atoms with Gasteiger partial charge >= 0.3 is 0 Å². The summed E-state index contributed by atoms with van der Waals surface area (Å²) in [6.45, 7) is 0.198. The number of piperazine rings is 1. The Kier molecular flexibility index (Phi) is 6.44. The number of halogens is 2. The van der Waals surface area contributed by atoms with Crippen molar-refractivity contribution in [3.05, 3.63) is 95.1 Å². The number of rotatable bonds is 5. The molecule has 1 fully saturated rings. The lowest BCUT2D eigenvalue weighted by molar-refractivity contribution is 0.0694. The SMILES string of the molecule is O=C(c1cc(Cc2ccccc2)ccc1O)N1CCN(S(=O)(=O)c2ccc(F)c(F)c2)CC1. The fourth-order valence-electron chi connectivity index (χ4n) is 3.78. The van der Waals surface area contributed by atoms with Gasteiger partial charge in [-0.25, -0.2) is 17.2 Å². The van der Waals surface area contributed by atoms with Crippen LogP contribution >= 0.6 is 0 Å².